The Hall–Kier alpha value is -3.20. The summed E-state index contributed by atoms with van der Waals surface area (Å²) in [6.45, 7) is 4.41. The molecule has 0 unspecified atom stereocenters. The first kappa shape index (κ1) is 22.6. The summed E-state index contributed by atoms with van der Waals surface area (Å²) in [5.41, 5.74) is 0.164. The van der Waals surface area contributed by atoms with E-state index < -0.39 is 23.0 Å². The average molecular weight is 470 g/mol. The number of fused-ring (bicyclic) bond motifs is 1. The number of aryl methyl sites for hydroxylation is 2. The number of hydrogen-bond donors (Lipinski definition) is 0. The van der Waals surface area contributed by atoms with E-state index in [4.69, 9.17) is 0 Å². The third-order valence-corrected chi connectivity index (χ3v) is 7.06. The van der Waals surface area contributed by atoms with Crippen LogP contribution < -0.4 is 11.2 Å². The highest BCUT2D eigenvalue weighted by atomic mass is 19.4. The molecule has 9 heteroatoms. The van der Waals surface area contributed by atoms with E-state index in [-0.39, 0.29) is 11.1 Å². The Balaban J connectivity index is 1.25. The SMILES string of the molecule is Cc1nn(CCCN2C[C@@H]3C[C@]3(c3ccc(C(F)(F)F)cc3)C2)c(=O)n(-c2ccccc2)c1=O. The van der Waals surface area contributed by atoms with Crippen molar-refractivity contribution in [1.29, 1.82) is 0 Å². The summed E-state index contributed by atoms with van der Waals surface area (Å²) in [6, 6.07) is 14.4. The first-order chi connectivity index (χ1) is 16.2. The monoisotopic (exact) mass is 470 g/mol. The molecule has 2 heterocycles. The molecular formula is C25H25F3N4O2. The lowest BCUT2D eigenvalue weighted by atomic mass is 9.94. The van der Waals surface area contributed by atoms with Crippen LogP contribution in [0.1, 0.15) is 29.7 Å². The maximum Gasteiger partial charge on any atom is 0.416 e. The van der Waals surface area contributed by atoms with Gasteiger partial charge in [-0.15, -0.1) is 0 Å². The fourth-order valence-corrected chi connectivity index (χ4v) is 5.22. The van der Waals surface area contributed by atoms with Crippen LogP contribution in [0.4, 0.5) is 13.2 Å². The molecule has 0 N–H and O–H groups in total. The van der Waals surface area contributed by atoms with E-state index >= 15 is 0 Å². The van der Waals surface area contributed by atoms with E-state index in [1.807, 2.05) is 6.07 Å². The van der Waals surface area contributed by atoms with E-state index in [0.717, 1.165) is 36.2 Å². The predicted molar refractivity (Wildman–Crippen MR) is 121 cm³/mol. The van der Waals surface area contributed by atoms with Gasteiger partial charge in [-0.2, -0.15) is 18.3 Å². The summed E-state index contributed by atoms with van der Waals surface area (Å²) < 4.78 is 41.1. The fourth-order valence-electron chi connectivity index (χ4n) is 5.22. The van der Waals surface area contributed by atoms with E-state index in [0.29, 0.717) is 24.6 Å². The Kier molecular flexibility index (Phi) is 5.47. The lowest BCUT2D eigenvalue weighted by molar-refractivity contribution is -0.137. The van der Waals surface area contributed by atoms with Crippen molar-refractivity contribution in [2.45, 2.75) is 37.9 Å². The highest BCUT2D eigenvalue weighted by Gasteiger charge is 2.60. The Bertz CT molecular complexity index is 1320. The first-order valence-corrected chi connectivity index (χ1v) is 11.4. The highest BCUT2D eigenvalue weighted by Crippen LogP contribution is 2.59. The van der Waals surface area contributed by atoms with Crippen molar-refractivity contribution in [2.75, 3.05) is 19.6 Å². The normalized spacial score (nSPS) is 22.1. The summed E-state index contributed by atoms with van der Waals surface area (Å²) >= 11 is 0. The van der Waals surface area contributed by atoms with Gasteiger partial charge in [0, 0.05) is 25.0 Å². The quantitative estimate of drug-likeness (QED) is 0.554. The van der Waals surface area contributed by atoms with Gasteiger partial charge >= 0.3 is 11.9 Å². The molecule has 0 amide bonds. The number of hydrogen-bond acceptors (Lipinski definition) is 4. The number of aromatic nitrogens is 3. The maximum atomic E-state index is 12.9. The van der Waals surface area contributed by atoms with Crippen molar-refractivity contribution in [3.8, 4) is 5.69 Å². The van der Waals surface area contributed by atoms with E-state index in [2.05, 4.69) is 10.00 Å². The van der Waals surface area contributed by atoms with Crippen LogP contribution in [0.3, 0.4) is 0 Å². The van der Waals surface area contributed by atoms with E-state index in [9.17, 15) is 22.8 Å². The van der Waals surface area contributed by atoms with Crippen LogP contribution in [-0.2, 0) is 18.1 Å². The third kappa shape index (κ3) is 3.98. The third-order valence-electron chi connectivity index (χ3n) is 7.06. The molecule has 0 radical (unpaired) electrons. The van der Waals surface area contributed by atoms with Crippen LogP contribution in [0.25, 0.3) is 5.69 Å². The molecule has 2 atom stereocenters. The van der Waals surface area contributed by atoms with Crippen molar-refractivity contribution in [3.63, 3.8) is 0 Å². The highest BCUT2D eigenvalue weighted by molar-refractivity contribution is 5.39. The minimum absolute atomic E-state index is 0.0592. The molecule has 178 valence electrons. The van der Waals surface area contributed by atoms with Gasteiger partial charge in [0.25, 0.3) is 5.56 Å². The summed E-state index contributed by atoms with van der Waals surface area (Å²) in [6.07, 6.45) is -2.65. The molecule has 34 heavy (non-hydrogen) atoms. The number of likely N-dealkylation sites (tertiary alicyclic amines) is 1. The lowest BCUT2D eigenvalue weighted by Gasteiger charge is -2.21. The van der Waals surface area contributed by atoms with Crippen LogP contribution in [0.5, 0.6) is 0 Å². The molecule has 2 fully saturated rings. The number of para-hydroxylation sites is 1. The molecule has 5 rings (SSSR count). The number of benzene rings is 2. The van der Waals surface area contributed by atoms with Gasteiger partial charge in [0.2, 0.25) is 0 Å². The number of nitrogens with zero attached hydrogens (tertiary/aromatic N) is 4. The Morgan fingerprint density at radius 3 is 2.41 bits per heavy atom. The molecule has 1 aromatic heterocycles. The van der Waals surface area contributed by atoms with Crippen LogP contribution in [-0.4, -0.2) is 38.9 Å². The van der Waals surface area contributed by atoms with Crippen molar-refractivity contribution in [2.24, 2.45) is 5.92 Å². The van der Waals surface area contributed by atoms with E-state index in [1.54, 1.807) is 43.3 Å². The van der Waals surface area contributed by atoms with Gasteiger partial charge in [-0.05, 0) is 62.1 Å². The van der Waals surface area contributed by atoms with Crippen molar-refractivity contribution < 1.29 is 13.2 Å². The standard InChI is InChI=1S/C25H25F3N4O2/c1-17-22(33)32(21-6-3-2-4-7-21)23(34)31(29-17)13-5-12-30-15-20-14-24(20,16-30)18-8-10-19(11-9-18)25(26,27)28/h2-4,6-11,20H,5,12-16H2,1H3/t20-,24+/m0/s1. The van der Waals surface area contributed by atoms with Crippen molar-refractivity contribution >= 4 is 0 Å². The second kappa shape index (κ2) is 8.23. The fraction of sp³-hybridized carbons (Fsp3) is 0.400. The Labute approximate surface area is 194 Å². The first-order valence-electron chi connectivity index (χ1n) is 11.4. The number of piperidine rings is 1. The zero-order chi connectivity index (χ0) is 24.1. The maximum absolute atomic E-state index is 12.9. The Morgan fingerprint density at radius 1 is 1.03 bits per heavy atom. The van der Waals surface area contributed by atoms with Crippen molar-refractivity contribution in [3.05, 3.63) is 92.3 Å². The lowest BCUT2D eigenvalue weighted by Crippen LogP contribution is -2.42. The largest absolute Gasteiger partial charge is 0.416 e. The van der Waals surface area contributed by atoms with Gasteiger partial charge in [-0.3, -0.25) is 4.79 Å². The minimum atomic E-state index is -4.33. The van der Waals surface area contributed by atoms with Gasteiger partial charge < -0.3 is 4.90 Å². The number of rotatable bonds is 6. The second-order valence-electron chi connectivity index (χ2n) is 9.29. The summed E-state index contributed by atoms with van der Waals surface area (Å²) in [4.78, 5) is 27.8. The van der Waals surface area contributed by atoms with Crippen LogP contribution in [0.2, 0.25) is 0 Å². The Morgan fingerprint density at radius 2 is 1.74 bits per heavy atom. The van der Waals surface area contributed by atoms with Crippen LogP contribution >= 0.6 is 0 Å². The molecule has 1 saturated carbocycles. The molecule has 6 nitrogen and oxygen atoms in total. The van der Waals surface area contributed by atoms with Gasteiger partial charge in [-0.1, -0.05) is 30.3 Å². The molecule has 3 aromatic rings. The summed E-state index contributed by atoms with van der Waals surface area (Å²) in [5, 5.41) is 4.20. The molecule has 1 saturated heterocycles. The molecule has 2 aromatic carbocycles. The number of alkyl halides is 3. The van der Waals surface area contributed by atoms with Gasteiger partial charge in [0.05, 0.1) is 11.3 Å². The molecule has 1 aliphatic heterocycles. The molecule has 1 aliphatic carbocycles. The molecule has 2 aliphatic rings. The molecule has 0 spiro atoms. The summed E-state index contributed by atoms with van der Waals surface area (Å²) in [5.74, 6) is 0.451. The topological polar surface area (TPSA) is 60.1 Å². The summed E-state index contributed by atoms with van der Waals surface area (Å²) in [7, 11) is 0. The van der Waals surface area contributed by atoms with Crippen molar-refractivity contribution in [1.82, 2.24) is 19.2 Å². The van der Waals surface area contributed by atoms with Crippen LogP contribution in [0, 0.1) is 12.8 Å². The predicted octanol–water partition coefficient (Wildman–Crippen LogP) is 3.39. The van der Waals surface area contributed by atoms with Gasteiger partial charge in [0.15, 0.2) is 0 Å². The minimum Gasteiger partial charge on any atom is -0.302 e. The zero-order valence-corrected chi connectivity index (χ0v) is 18.8. The van der Waals surface area contributed by atoms with Crippen LogP contribution in [0.15, 0.2) is 64.2 Å². The number of halogens is 3. The van der Waals surface area contributed by atoms with E-state index in [1.165, 1.54) is 16.8 Å². The second-order valence-corrected chi connectivity index (χ2v) is 9.29. The smallest absolute Gasteiger partial charge is 0.302 e. The van der Waals surface area contributed by atoms with Gasteiger partial charge in [0.1, 0.15) is 5.69 Å². The zero-order valence-electron chi connectivity index (χ0n) is 18.8. The average Bonchev–Trinajstić information content (AvgIpc) is 3.39. The van der Waals surface area contributed by atoms with Gasteiger partial charge in [-0.25, -0.2) is 14.0 Å². The molecule has 0 bridgehead atoms. The molecular weight excluding hydrogens is 445 g/mol.